The number of hydrogen-bond donors (Lipinski definition) is 1. The number of nitrogens with one attached hydrogen (secondary N) is 1. The van der Waals surface area contributed by atoms with Crippen LogP contribution in [0.3, 0.4) is 0 Å². The van der Waals surface area contributed by atoms with E-state index in [1.54, 1.807) is 9.80 Å². The first-order valence-corrected chi connectivity index (χ1v) is 15.6. The number of fused-ring (bicyclic) bond motifs is 1. The second-order valence-electron chi connectivity index (χ2n) is 10.4. The fourth-order valence-corrected chi connectivity index (χ4v) is 7.96. The van der Waals surface area contributed by atoms with E-state index in [1.165, 1.54) is 46.8 Å². The number of rotatable bonds is 5. The van der Waals surface area contributed by atoms with Gasteiger partial charge in [0.05, 0.1) is 30.2 Å². The van der Waals surface area contributed by atoms with Gasteiger partial charge in [-0.3, -0.25) is 14.4 Å². The highest BCUT2D eigenvalue weighted by atomic mass is 32.2. The van der Waals surface area contributed by atoms with E-state index in [-0.39, 0.29) is 16.7 Å². The zero-order valence-electron chi connectivity index (χ0n) is 22.3. The van der Waals surface area contributed by atoms with Gasteiger partial charge in [0.1, 0.15) is 5.00 Å². The van der Waals surface area contributed by atoms with Crippen LogP contribution in [0, 0.1) is 5.92 Å². The average Bonchev–Trinajstić information content (AvgIpc) is 3.30. The normalized spacial score (nSPS) is 19.0. The molecule has 0 bridgehead atoms. The monoisotopic (exact) mass is 574 g/mol. The van der Waals surface area contributed by atoms with Crippen molar-refractivity contribution in [2.75, 3.05) is 51.3 Å². The zero-order valence-corrected chi connectivity index (χ0v) is 23.9. The molecule has 12 heteroatoms. The van der Waals surface area contributed by atoms with Crippen molar-refractivity contribution in [2.45, 2.75) is 44.6 Å². The summed E-state index contributed by atoms with van der Waals surface area (Å²) in [6.45, 7) is 7.43. The van der Waals surface area contributed by atoms with Crippen molar-refractivity contribution in [3.63, 3.8) is 0 Å². The van der Waals surface area contributed by atoms with E-state index in [0.717, 1.165) is 23.3 Å². The summed E-state index contributed by atoms with van der Waals surface area (Å²) in [6, 6.07) is 5.94. The van der Waals surface area contributed by atoms with Crippen molar-refractivity contribution in [1.82, 2.24) is 14.1 Å². The van der Waals surface area contributed by atoms with E-state index in [4.69, 9.17) is 4.74 Å². The molecule has 2 aromatic rings. The topological polar surface area (TPSA) is 116 Å². The van der Waals surface area contributed by atoms with E-state index in [0.29, 0.717) is 80.9 Å². The first kappa shape index (κ1) is 27.8. The Morgan fingerprint density at radius 3 is 2.28 bits per heavy atom. The number of nitrogens with zero attached hydrogens (tertiary/aromatic N) is 3. The Kier molecular flexibility index (Phi) is 8.08. The number of ether oxygens (including phenoxy) is 1. The van der Waals surface area contributed by atoms with E-state index in [1.807, 2.05) is 0 Å². The minimum Gasteiger partial charge on any atom is -0.378 e. The van der Waals surface area contributed by atoms with E-state index < -0.39 is 15.9 Å². The molecule has 0 saturated carbocycles. The molecule has 2 saturated heterocycles. The van der Waals surface area contributed by atoms with Gasteiger partial charge < -0.3 is 19.9 Å². The second-order valence-corrected chi connectivity index (χ2v) is 13.4. The molecule has 1 N–H and O–H groups in total. The fourth-order valence-electron chi connectivity index (χ4n) is 5.24. The van der Waals surface area contributed by atoms with Crippen LogP contribution in [0.2, 0.25) is 0 Å². The summed E-state index contributed by atoms with van der Waals surface area (Å²) in [5, 5.41) is 3.36. The second kappa shape index (κ2) is 11.4. The third kappa shape index (κ3) is 5.74. The molecule has 3 amide bonds. The van der Waals surface area contributed by atoms with Crippen LogP contribution in [0.4, 0.5) is 5.00 Å². The van der Waals surface area contributed by atoms with Gasteiger partial charge in [0, 0.05) is 50.1 Å². The summed E-state index contributed by atoms with van der Waals surface area (Å²) >= 11 is 1.32. The van der Waals surface area contributed by atoms with Crippen molar-refractivity contribution in [2.24, 2.45) is 5.92 Å². The van der Waals surface area contributed by atoms with Gasteiger partial charge in [-0.2, -0.15) is 4.31 Å². The van der Waals surface area contributed by atoms with Crippen LogP contribution < -0.4 is 5.32 Å². The molecule has 0 aliphatic carbocycles. The largest absolute Gasteiger partial charge is 0.378 e. The first-order chi connectivity index (χ1) is 18.6. The quantitative estimate of drug-likeness (QED) is 0.587. The summed E-state index contributed by atoms with van der Waals surface area (Å²) in [5.74, 6) is -0.103. The van der Waals surface area contributed by atoms with Crippen LogP contribution in [0.1, 0.15) is 57.8 Å². The van der Waals surface area contributed by atoms with Crippen LogP contribution in [-0.4, -0.2) is 86.2 Å². The van der Waals surface area contributed by atoms with Gasteiger partial charge in [0.15, 0.2) is 0 Å². The lowest BCUT2D eigenvalue weighted by molar-refractivity contribution is -0.129. The summed E-state index contributed by atoms with van der Waals surface area (Å²) < 4.78 is 33.0. The van der Waals surface area contributed by atoms with Crippen molar-refractivity contribution in [3.05, 3.63) is 45.8 Å². The molecule has 1 aromatic heterocycles. The Balaban J connectivity index is 1.38. The molecule has 39 heavy (non-hydrogen) atoms. The van der Waals surface area contributed by atoms with Crippen molar-refractivity contribution < 1.29 is 27.5 Å². The van der Waals surface area contributed by atoms with Gasteiger partial charge in [0.2, 0.25) is 15.9 Å². The summed E-state index contributed by atoms with van der Waals surface area (Å²) in [5.41, 5.74) is 1.65. The number of carbonyl (C=O) groups is 3. The summed E-state index contributed by atoms with van der Waals surface area (Å²) in [6.07, 6.45) is 2.20. The zero-order chi connectivity index (χ0) is 27.7. The van der Waals surface area contributed by atoms with Gasteiger partial charge in [-0.15, -0.1) is 11.3 Å². The number of sulfonamides is 1. The highest BCUT2D eigenvalue weighted by molar-refractivity contribution is 7.89. The Bertz CT molecular complexity index is 1360. The highest BCUT2D eigenvalue weighted by Gasteiger charge is 2.33. The summed E-state index contributed by atoms with van der Waals surface area (Å²) in [4.78, 5) is 43.4. The molecule has 0 spiro atoms. The molecule has 210 valence electrons. The Morgan fingerprint density at radius 2 is 1.64 bits per heavy atom. The molecule has 3 aliphatic heterocycles. The number of carbonyl (C=O) groups excluding carboxylic acids is 3. The maximum Gasteiger partial charge on any atom is 0.257 e. The summed E-state index contributed by atoms with van der Waals surface area (Å²) in [7, 11) is -3.62. The van der Waals surface area contributed by atoms with Crippen molar-refractivity contribution in [3.8, 4) is 0 Å². The number of benzene rings is 1. The minimum absolute atomic E-state index is 0.0326. The van der Waals surface area contributed by atoms with Crippen LogP contribution in [-0.2, 0) is 32.5 Å². The number of amides is 3. The number of thiophene rings is 1. The Hall–Kier alpha value is -2.80. The lowest BCUT2D eigenvalue weighted by Crippen LogP contribution is -2.41. The molecule has 10 nitrogen and oxygen atoms in total. The lowest BCUT2D eigenvalue weighted by Gasteiger charge is -2.29. The number of piperidine rings is 1. The smallest absolute Gasteiger partial charge is 0.257 e. The van der Waals surface area contributed by atoms with E-state index in [9.17, 15) is 22.8 Å². The van der Waals surface area contributed by atoms with Gasteiger partial charge in [-0.05, 0) is 55.0 Å². The van der Waals surface area contributed by atoms with Gasteiger partial charge in [-0.25, -0.2) is 8.42 Å². The average molecular weight is 575 g/mol. The van der Waals surface area contributed by atoms with Crippen LogP contribution in [0.15, 0.2) is 29.2 Å². The maximum absolute atomic E-state index is 13.6. The molecular weight excluding hydrogens is 540 g/mol. The third-order valence-electron chi connectivity index (χ3n) is 7.74. The molecule has 3 aliphatic rings. The van der Waals surface area contributed by atoms with Gasteiger partial charge in [0.25, 0.3) is 11.8 Å². The van der Waals surface area contributed by atoms with Crippen LogP contribution in [0.5, 0.6) is 0 Å². The van der Waals surface area contributed by atoms with Crippen molar-refractivity contribution >= 4 is 44.1 Å². The van der Waals surface area contributed by atoms with Gasteiger partial charge in [-0.1, -0.05) is 6.92 Å². The molecular formula is C27H34N4O6S2. The highest BCUT2D eigenvalue weighted by Crippen LogP contribution is 2.38. The van der Waals surface area contributed by atoms with Crippen LogP contribution >= 0.6 is 11.3 Å². The SMILES string of the molecule is CC(=O)N1CCc2c(sc(NC(=O)c3ccc(S(=O)(=O)N4CCC(C)CC4)cc3)c2C(=O)N2CCOCC2)C1. The number of morpholine rings is 1. The minimum atomic E-state index is -3.62. The number of hydrogen-bond acceptors (Lipinski definition) is 7. The van der Waals surface area contributed by atoms with Crippen LogP contribution in [0.25, 0.3) is 0 Å². The Labute approximate surface area is 233 Å². The Morgan fingerprint density at radius 1 is 0.974 bits per heavy atom. The molecule has 2 fully saturated rings. The molecule has 5 rings (SSSR count). The molecule has 0 unspecified atom stereocenters. The molecule has 0 atom stereocenters. The van der Waals surface area contributed by atoms with E-state index >= 15 is 0 Å². The standard InChI is InChI=1S/C27H34N4O6S2/c1-18-7-11-31(12-8-18)39(35,36)21-5-3-20(4-6-21)25(33)28-26-24(27(34)29-13-15-37-16-14-29)22-9-10-30(19(2)32)17-23(22)38-26/h3-6,18H,7-17H2,1-2H3,(H,28,33). The first-order valence-electron chi connectivity index (χ1n) is 13.3. The molecule has 1 aromatic carbocycles. The predicted molar refractivity (Wildman–Crippen MR) is 147 cm³/mol. The fraction of sp³-hybridized carbons (Fsp3) is 0.519. The van der Waals surface area contributed by atoms with Crippen molar-refractivity contribution in [1.29, 1.82) is 0 Å². The molecule has 4 heterocycles. The van der Waals surface area contributed by atoms with E-state index in [2.05, 4.69) is 12.2 Å². The lowest BCUT2D eigenvalue weighted by atomic mass is 10.0. The number of anilines is 1. The predicted octanol–water partition coefficient (Wildman–Crippen LogP) is 2.80. The van der Waals surface area contributed by atoms with Gasteiger partial charge >= 0.3 is 0 Å². The third-order valence-corrected chi connectivity index (χ3v) is 10.8. The maximum atomic E-state index is 13.6. The molecule has 0 radical (unpaired) electrons.